The van der Waals surface area contributed by atoms with Gasteiger partial charge in [0.2, 0.25) is 15.9 Å². The van der Waals surface area contributed by atoms with E-state index in [2.05, 4.69) is 4.72 Å². The first-order valence-electron chi connectivity index (χ1n) is 7.50. The third-order valence-corrected chi connectivity index (χ3v) is 5.27. The van der Waals surface area contributed by atoms with Crippen molar-refractivity contribution in [1.29, 1.82) is 0 Å². The summed E-state index contributed by atoms with van der Waals surface area (Å²) in [6, 6.07) is 10.4. The highest BCUT2D eigenvalue weighted by atomic mass is 35.5. The van der Waals surface area contributed by atoms with Gasteiger partial charge in [0.1, 0.15) is 5.82 Å². The summed E-state index contributed by atoms with van der Waals surface area (Å²) in [6.07, 6.45) is 0. The van der Waals surface area contributed by atoms with Gasteiger partial charge in [0.05, 0.1) is 9.92 Å². The Morgan fingerprint density at radius 3 is 2.56 bits per heavy atom. The first kappa shape index (κ1) is 19.4. The Balaban J connectivity index is 2.09. The summed E-state index contributed by atoms with van der Waals surface area (Å²) in [7, 11) is -3.68. The molecule has 0 fully saturated rings. The molecule has 0 aromatic heterocycles. The number of carbonyl (C=O) groups is 1. The Hall–Kier alpha value is -1.96. The fourth-order valence-corrected chi connectivity index (χ4v) is 3.58. The molecule has 0 aliphatic heterocycles. The van der Waals surface area contributed by atoms with Crippen LogP contribution in [0.25, 0.3) is 0 Å². The summed E-state index contributed by atoms with van der Waals surface area (Å²) in [5, 5.41) is -0.107. The fraction of sp³-hybridized carbons (Fsp3) is 0.235. The molecule has 0 saturated heterocycles. The van der Waals surface area contributed by atoms with E-state index in [4.69, 9.17) is 11.6 Å². The van der Waals surface area contributed by atoms with Crippen LogP contribution in [0.15, 0.2) is 47.4 Å². The van der Waals surface area contributed by atoms with Gasteiger partial charge >= 0.3 is 0 Å². The van der Waals surface area contributed by atoms with Crippen LogP contribution in [0.5, 0.6) is 0 Å². The van der Waals surface area contributed by atoms with Gasteiger partial charge in [-0.15, -0.1) is 0 Å². The van der Waals surface area contributed by atoms with E-state index in [1.165, 1.54) is 30.0 Å². The second kappa shape index (κ2) is 7.95. The standard InChI is InChI=1S/C17H18ClFN2O3S/c1-12-4-3-5-15(10-12)25(23,24)20-8-9-21(13(2)22)14-6-7-17(19)16(18)11-14/h3-7,10-11,20H,8-9H2,1-2H3. The first-order valence-corrected chi connectivity index (χ1v) is 9.36. The molecule has 0 spiro atoms. The maximum atomic E-state index is 13.3. The number of amides is 1. The molecule has 0 aliphatic carbocycles. The first-order chi connectivity index (χ1) is 11.7. The number of halogens is 2. The van der Waals surface area contributed by atoms with Crippen LogP contribution in [0, 0.1) is 12.7 Å². The number of sulfonamides is 1. The molecule has 0 bridgehead atoms. The van der Waals surface area contributed by atoms with E-state index >= 15 is 0 Å². The average Bonchev–Trinajstić information content (AvgIpc) is 2.54. The molecule has 2 aromatic carbocycles. The van der Waals surface area contributed by atoms with E-state index in [1.54, 1.807) is 25.1 Å². The summed E-state index contributed by atoms with van der Waals surface area (Å²) >= 11 is 5.74. The van der Waals surface area contributed by atoms with Crippen molar-refractivity contribution in [2.75, 3.05) is 18.0 Å². The highest BCUT2D eigenvalue weighted by molar-refractivity contribution is 7.89. The SMILES string of the molecule is CC(=O)N(CCNS(=O)(=O)c1cccc(C)c1)c1ccc(F)c(Cl)c1. The van der Waals surface area contributed by atoms with Crippen molar-refractivity contribution < 1.29 is 17.6 Å². The number of anilines is 1. The molecule has 0 aliphatic rings. The van der Waals surface area contributed by atoms with Crippen LogP contribution >= 0.6 is 11.6 Å². The predicted octanol–water partition coefficient (Wildman–Crippen LogP) is 3.12. The van der Waals surface area contributed by atoms with Crippen LogP contribution < -0.4 is 9.62 Å². The molecule has 1 amide bonds. The summed E-state index contributed by atoms with van der Waals surface area (Å²) in [6.45, 7) is 3.23. The lowest BCUT2D eigenvalue weighted by atomic mass is 10.2. The third kappa shape index (κ3) is 5.01. The second-order valence-corrected chi connectivity index (χ2v) is 7.66. The van der Waals surface area contributed by atoms with Crippen LogP contribution in [-0.2, 0) is 14.8 Å². The topological polar surface area (TPSA) is 66.5 Å². The molecule has 0 atom stereocenters. The maximum absolute atomic E-state index is 13.3. The van der Waals surface area contributed by atoms with E-state index < -0.39 is 15.8 Å². The number of aryl methyl sites for hydroxylation is 1. The van der Waals surface area contributed by atoms with E-state index in [-0.39, 0.29) is 28.9 Å². The average molecular weight is 385 g/mol. The number of rotatable bonds is 6. The van der Waals surface area contributed by atoms with E-state index in [0.29, 0.717) is 5.69 Å². The molecular formula is C17H18ClFN2O3S. The fourth-order valence-electron chi connectivity index (χ4n) is 2.28. The van der Waals surface area contributed by atoms with Crippen LogP contribution in [0.2, 0.25) is 5.02 Å². The van der Waals surface area contributed by atoms with Gasteiger partial charge in [0, 0.05) is 25.7 Å². The van der Waals surface area contributed by atoms with Gasteiger partial charge in [-0.25, -0.2) is 17.5 Å². The number of carbonyl (C=O) groups excluding carboxylic acids is 1. The number of nitrogens with zero attached hydrogens (tertiary/aromatic N) is 1. The molecule has 134 valence electrons. The molecule has 0 unspecified atom stereocenters. The molecule has 8 heteroatoms. The minimum atomic E-state index is -3.68. The van der Waals surface area contributed by atoms with Crippen molar-refractivity contribution in [2.24, 2.45) is 0 Å². The number of benzene rings is 2. The quantitative estimate of drug-likeness (QED) is 0.832. The van der Waals surface area contributed by atoms with E-state index in [9.17, 15) is 17.6 Å². The van der Waals surface area contributed by atoms with Crippen molar-refractivity contribution in [3.63, 3.8) is 0 Å². The molecule has 0 saturated carbocycles. The lowest BCUT2D eigenvalue weighted by molar-refractivity contribution is -0.116. The molecule has 0 heterocycles. The number of hydrogen-bond acceptors (Lipinski definition) is 3. The van der Waals surface area contributed by atoms with Gasteiger partial charge in [0.15, 0.2) is 0 Å². The molecule has 0 radical (unpaired) electrons. The lowest BCUT2D eigenvalue weighted by Gasteiger charge is -2.21. The Bertz CT molecular complexity index is 887. The zero-order valence-corrected chi connectivity index (χ0v) is 15.4. The van der Waals surface area contributed by atoms with Crippen LogP contribution in [-0.4, -0.2) is 27.4 Å². The largest absolute Gasteiger partial charge is 0.311 e. The molecule has 2 rings (SSSR count). The van der Waals surface area contributed by atoms with Gasteiger partial charge in [-0.05, 0) is 42.8 Å². The van der Waals surface area contributed by atoms with Crippen molar-refractivity contribution in [2.45, 2.75) is 18.7 Å². The predicted molar refractivity (Wildman–Crippen MR) is 95.8 cm³/mol. The minimum Gasteiger partial charge on any atom is -0.311 e. The van der Waals surface area contributed by atoms with Crippen LogP contribution in [0.4, 0.5) is 10.1 Å². The monoisotopic (exact) mass is 384 g/mol. The zero-order chi connectivity index (χ0) is 18.6. The highest BCUT2D eigenvalue weighted by Gasteiger charge is 2.17. The third-order valence-electron chi connectivity index (χ3n) is 3.52. The zero-order valence-electron chi connectivity index (χ0n) is 13.8. The van der Waals surface area contributed by atoms with Gasteiger partial charge < -0.3 is 4.90 Å². The number of hydrogen-bond donors (Lipinski definition) is 1. The molecule has 25 heavy (non-hydrogen) atoms. The van der Waals surface area contributed by atoms with Gasteiger partial charge in [-0.2, -0.15) is 0 Å². The summed E-state index contributed by atoms with van der Waals surface area (Å²) in [5.41, 5.74) is 1.22. The Morgan fingerprint density at radius 1 is 1.24 bits per heavy atom. The van der Waals surface area contributed by atoms with E-state index in [1.807, 2.05) is 0 Å². The minimum absolute atomic E-state index is 0.00481. The molecule has 5 nitrogen and oxygen atoms in total. The van der Waals surface area contributed by atoms with Crippen molar-refractivity contribution in [3.8, 4) is 0 Å². The highest BCUT2D eigenvalue weighted by Crippen LogP contribution is 2.22. The maximum Gasteiger partial charge on any atom is 0.240 e. The van der Waals surface area contributed by atoms with E-state index in [0.717, 1.165) is 11.6 Å². The van der Waals surface area contributed by atoms with Gasteiger partial charge in [-0.3, -0.25) is 4.79 Å². The molecule has 2 aromatic rings. The summed E-state index contributed by atoms with van der Waals surface area (Å²) in [5.74, 6) is -0.897. The van der Waals surface area contributed by atoms with Gasteiger partial charge in [-0.1, -0.05) is 23.7 Å². The van der Waals surface area contributed by atoms with Crippen LogP contribution in [0.3, 0.4) is 0 Å². The Labute approximate surface area is 151 Å². The molecule has 1 N–H and O–H groups in total. The lowest BCUT2D eigenvalue weighted by Crippen LogP contribution is -2.37. The Morgan fingerprint density at radius 2 is 1.96 bits per heavy atom. The second-order valence-electron chi connectivity index (χ2n) is 5.48. The smallest absolute Gasteiger partial charge is 0.240 e. The molecular weight excluding hydrogens is 367 g/mol. The van der Waals surface area contributed by atoms with Crippen LogP contribution in [0.1, 0.15) is 12.5 Å². The van der Waals surface area contributed by atoms with Gasteiger partial charge in [0.25, 0.3) is 0 Å². The Kier molecular flexibility index (Phi) is 6.16. The van der Waals surface area contributed by atoms with Crippen molar-refractivity contribution in [3.05, 3.63) is 58.9 Å². The summed E-state index contributed by atoms with van der Waals surface area (Å²) < 4.78 is 40.3. The summed E-state index contributed by atoms with van der Waals surface area (Å²) in [4.78, 5) is 13.3. The normalized spacial score (nSPS) is 11.4. The van der Waals surface area contributed by atoms with Crippen molar-refractivity contribution >= 4 is 33.2 Å². The number of nitrogens with one attached hydrogen (secondary N) is 1. The van der Waals surface area contributed by atoms with Crippen molar-refractivity contribution in [1.82, 2.24) is 4.72 Å².